The summed E-state index contributed by atoms with van der Waals surface area (Å²) in [5.41, 5.74) is 4.66. The molecule has 0 spiro atoms. The molecule has 0 unspecified atom stereocenters. The van der Waals surface area contributed by atoms with Gasteiger partial charge in [0.15, 0.2) is 0 Å². The second-order valence-electron chi connectivity index (χ2n) is 7.05. The van der Waals surface area contributed by atoms with Crippen LogP contribution in [0.4, 0.5) is 0 Å². The van der Waals surface area contributed by atoms with E-state index in [-0.39, 0.29) is 0 Å². The molecule has 7 nitrogen and oxygen atoms in total. The lowest BCUT2D eigenvalue weighted by Crippen LogP contribution is -2.34. The number of rotatable bonds is 3. The number of aromatic nitrogens is 5. The fourth-order valence-corrected chi connectivity index (χ4v) is 4.06. The number of hydrogen-bond acceptors (Lipinski definition) is 5. The van der Waals surface area contributed by atoms with Crippen molar-refractivity contribution in [2.45, 2.75) is 25.4 Å². The molecular weight excluding hydrogens is 338 g/mol. The fraction of sp³-hybridized carbons (Fsp3) is 0.300. The van der Waals surface area contributed by atoms with Crippen LogP contribution >= 0.6 is 0 Å². The average Bonchev–Trinajstić information content (AvgIpc) is 3.35. The number of aromatic amines is 1. The standard InChI is InChI=1S/C20H19N7/c21-10-15-9-14(1-5-22-15)12-26-7-3-16(4-8-26)27-13-25-18-11-24-20-17(19(18)27)2-6-23-20/h1-2,5-6,9,11,13,16H,3-4,7-8,12H2,(H,23,24). The molecule has 5 heterocycles. The molecule has 0 radical (unpaired) electrons. The van der Waals surface area contributed by atoms with Crippen molar-refractivity contribution in [1.29, 1.82) is 5.26 Å². The summed E-state index contributed by atoms with van der Waals surface area (Å²) in [7, 11) is 0. The van der Waals surface area contributed by atoms with E-state index in [9.17, 15) is 0 Å². The third-order valence-electron chi connectivity index (χ3n) is 5.41. The van der Waals surface area contributed by atoms with Gasteiger partial charge in [0, 0.05) is 43.5 Å². The zero-order valence-electron chi connectivity index (χ0n) is 14.8. The molecule has 1 aliphatic rings. The van der Waals surface area contributed by atoms with E-state index in [2.05, 4.69) is 41.5 Å². The number of piperidine rings is 1. The van der Waals surface area contributed by atoms with Crippen LogP contribution in [-0.2, 0) is 6.54 Å². The van der Waals surface area contributed by atoms with Crippen molar-refractivity contribution in [3.8, 4) is 6.07 Å². The monoisotopic (exact) mass is 357 g/mol. The van der Waals surface area contributed by atoms with Crippen molar-refractivity contribution >= 4 is 22.1 Å². The van der Waals surface area contributed by atoms with Crippen molar-refractivity contribution in [2.75, 3.05) is 13.1 Å². The van der Waals surface area contributed by atoms with Gasteiger partial charge in [-0.1, -0.05) is 0 Å². The van der Waals surface area contributed by atoms with E-state index in [1.807, 2.05) is 30.9 Å². The molecule has 4 aromatic heterocycles. The van der Waals surface area contributed by atoms with Crippen LogP contribution in [-0.4, -0.2) is 42.5 Å². The Morgan fingerprint density at radius 3 is 2.93 bits per heavy atom. The number of likely N-dealkylation sites (tertiary alicyclic amines) is 1. The van der Waals surface area contributed by atoms with E-state index in [1.54, 1.807) is 6.20 Å². The largest absolute Gasteiger partial charge is 0.346 e. The fourth-order valence-electron chi connectivity index (χ4n) is 4.06. The molecule has 1 N–H and O–H groups in total. The van der Waals surface area contributed by atoms with Gasteiger partial charge in [0.2, 0.25) is 0 Å². The average molecular weight is 357 g/mol. The summed E-state index contributed by atoms with van der Waals surface area (Å²) in [6.45, 7) is 2.91. The molecule has 1 fully saturated rings. The number of nitrogens with one attached hydrogen (secondary N) is 1. The lowest BCUT2D eigenvalue weighted by molar-refractivity contribution is 0.181. The number of nitrogens with zero attached hydrogens (tertiary/aromatic N) is 6. The number of H-pyrrole nitrogens is 1. The Morgan fingerprint density at radius 1 is 1.19 bits per heavy atom. The Morgan fingerprint density at radius 2 is 2.07 bits per heavy atom. The first-order chi connectivity index (χ1) is 13.3. The van der Waals surface area contributed by atoms with E-state index >= 15 is 0 Å². The maximum absolute atomic E-state index is 9.01. The highest BCUT2D eigenvalue weighted by atomic mass is 15.2. The molecule has 5 rings (SSSR count). The maximum atomic E-state index is 9.01. The van der Waals surface area contributed by atoms with Crippen LogP contribution in [0.1, 0.15) is 30.1 Å². The van der Waals surface area contributed by atoms with Crippen LogP contribution in [0.5, 0.6) is 0 Å². The third kappa shape index (κ3) is 2.84. The lowest BCUT2D eigenvalue weighted by Gasteiger charge is -2.33. The Bertz CT molecular complexity index is 1140. The minimum Gasteiger partial charge on any atom is -0.346 e. The Labute approximate surface area is 156 Å². The molecule has 0 amide bonds. The molecule has 4 aromatic rings. The molecule has 0 aliphatic carbocycles. The number of fused-ring (bicyclic) bond motifs is 3. The molecule has 1 saturated heterocycles. The summed E-state index contributed by atoms with van der Waals surface area (Å²) < 4.78 is 2.32. The van der Waals surface area contributed by atoms with Crippen LogP contribution in [0.2, 0.25) is 0 Å². The Hall–Kier alpha value is -3.24. The second-order valence-corrected chi connectivity index (χ2v) is 7.05. The van der Waals surface area contributed by atoms with Gasteiger partial charge >= 0.3 is 0 Å². The quantitative estimate of drug-likeness (QED) is 0.609. The highest BCUT2D eigenvalue weighted by Gasteiger charge is 2.23. The number of hydrogen-bond donors (Lipinski definition) is 1. The SMILES string of the molecule is N#Cc1cc(CN2CCC(n3cnc4cnc5[nH]ccc5c43)CC2)ccn1. The van der Waals surface area contributed by atoms with Crippen LogP contribution in [0.3, 0.4) is 0 Å². The van der Waals surface area contributed by atoms with E-state index in [4.69, 9.17) is 5.26 Å². The molecule has 134 valence electrons. The molecule has 0 saturated carbocycles. The van der Waals surface area contributed by atoms with Crippen molar-refractivity contribution in [3.05, 3.63) is 54.4 Å². The smallest absolute Gasteiger partial charge is 0.140 e. The first-order valence-electron chi connectivity index (χ1n) is 9.18. The second kappa shape index (κ2) is 6.49. The maximum Gasteiger partial charge on any atom is 0.140 e. The Balaban J connectivity index is 1.34. The summed E-state index contributed by atoms with van der Waals surface area (Å²) >= 11 is 0. The minimum absolute atomic E-state index is 0.443. The third-order valence-corrected chi connectivity index (χ3v) is 5.41. The van der Waals surface area contributed by atoms with Crippen molar-refractivity contribution in [1.82, 2.24) is 29.4 Å². The summed E-state index contributed by atoms with van der Waals surface area (Å²) in [4.78, 5) is 18.7. The first kappa shape index (κ1) is 16.0. The predicted octanol–water partition coefficient (Wildman–Crippen LogP) is 3.02. The topological polar surface area (TPSA) is 86.4 Å². The highest BCUT2D eigenvalue weighted by Crippen LogP contribution is 2.30. The van der Waals surface area contributed by atoms with Crippen molar-refractivity contribution in [3.63, 3.8) is 0 Å². The van der Waals surface area contributed by atoms with Crippen molar-refractivity contribution in [2.24, 2.45) is 0 Å². The zero-order chi connectivity index (χ0) is 18.2. The van der Waals surface area contributed by atoms with Crippen LogP contribution in [0.25, 0.3) is 22.1 Å². The van der Waals surface area contributed by atoms with Gasteiger partial charge in [-0.2, -0.15) is 5.26 Å². The zero-order valence-corrected chi connectivity index (χ0v) is 14.8. The van der Waals surface area contributed by atoms with Gasteiger partial charge in [-0.3, -0.25) is 4.90 Å². The number of pyridine rings is 2. The normalized spacial score (nSPS) is 16.1. The summed E-state index contributed by atoms with van der Waals surface area (Å²) in [6.07, 6.45) is 9.61. The molecular formula is C20H19N7. The van der Waals surface area contributed by atoms with Crippen LogP contribution in [0.15, 0.2) is 43.1 Å². The molecule has 27 heavy (non-hydrogen) atoms. The highest BCUT2D eigenvalue weighted by molar-refractivity contribution is 6.00. The Kier molecular flexibility index (Phi) is 3.84. The van der Waals surface area contributed by atoms with E-state index in [0.29, 0.717) is 11.7 Å². The number of nitriles is 1. The summed E-state index contributed by atoms with van der Waals surface area (Å²) in [5.74, 6) is 0. The van der Waals surface area contributed by atoms with Gasteiger partial charge in [-0.15, -0.1) is 0 Å². The first-order valence-corrected chi connectivity index (χ1v) is 9.18. The van der Waals surface area contributed by atoms with Gasteiger partial charge in [0.25, 0.3) is 0 Å². The summed E-state index contributed by atoms with van der Waals surface area (Å²) in [6, 6.07) is 8.51. The minimum atomic E-state index is 0.443. The van der Waals surface area contributed by atoms with Crippen molar-refractivity contribution < 1.29 is 0 Å². The molecule has 0 bridgehead atoms. The molecule has 7 heteroatoms. The van der Waals surface area contributed by atoms with Gasteiger partial charge in [-0.05, 0) is 36.6 Å². The van der Waals surface area contributed by atoms with Crippen LogP contribution in [0, 0.1) is 11.3 Å². The molecule has 0 atom stereocenters. The van der Waals surface area contributed by atoms with Gasteiger partial charge in [-0.25, -0.2) is 15.0 Å². The van der Waals surface area contributed by atoms with Gasteiger partial charge < -0.3 is 9.55 Å². The van der Waals surface area contributed by atoms with Gasteiger partial charge in [0.1, 0.15) is 22.9 Å². The van der Waals surface area contributed by atoms with Crippen LogP contribution < -0.4 is 0 Å². The predicted molar refractivity (Wildman–Crippen MR) is 102 cm³/mol. The van der Waals surface area contributed by atoms with E-state index < -0.39 is 0 Å². The lowest BCUT2D eigenvalue weighted by atomic mass is 10.0. The van der Waals surface area contributed by atoms with E-state index in [1.165, 1.54) is 5.52 Å². The molecule has 1 aliphatic heterocycles. The molecule has 0 aromatic carbocycles. The number of imidazole rings is 1. The van der Waals surface area contributed by atoms with Gasteiger partial charge in [0.05, 0.1) is 18.0 Å². The van der Waals surface area contributed by atoms with E-state index in [0.717, 1.165) is 54.6 Å². The summed E-state index contributed by atoms with van der Waals surface area (Å²) in [5, 5.41) is 10.1.